The van der Waals surface area contributed by atoms with Crippen LogP contribution in [-0.4, -0.2) is 70.1 Å². The maximum atomic E-state index is 12.5. The van der Waals surface area contributed by atoms with Crippen LogP contribution in [0.4, 0.5) is 23.8 Å². The summed E-state index contributed by atoms with van der Waals surface area (Å²) < 4.78 is 42.8. The molecule has 1 unspecified atom stereocenters. The summed E-state index contributed by atoms with van der Waals surface area (Å²) in [7, 11) is 1.07. The number of aromatic amines is 1. The molecular weight excluding hydrogens is 389 g/mol. The maximum Gasteiger partial charge on any atom is 0.410 e. The fourth-order valence-electron chi connectivity index (χ4n) is 3.58. The monoisotopic (exact) mass is 408 g/mol. The molecule has 3 aromatic rings. The first-order valence-corrected chi connectivity index (χ1v) is 9.13. The van der Waals surface area contributed by atoms with Crippen molar-refractivity contribution in [2.45, 2.75) is 25.1 Å². The Kier molecular flexibility index (Phi) is 4.89. The third-order valence-electron chi connectivity index (χ3n) is 4.86. The van der Waals surface area contributed by atoms with Crippen LogP contribution >= 0.6 is 0 Å². The third-order valence-corrected chi connectivity index (χ3v) is 4.86. The number of piperidine rings is 1. The number of anilines is 1. The number of carbonyl (C=O) groups excluding carboxylic acids is 1. The molecule has 4 heterocycles. The molecule has 1 amide bonds. The van der Waals surface area contributed by atoms with Crippen molar-refractivity contribution in [1.29, 1.82) is 0 Å². The van der Waals surface area contributed by atoms with Crippen LogP contribution in [0, 0.1) is 0 Å². The molecule has 1 saturated heterocycles. The van der Waals surface area contributed by atoms with Gasteiger partial charge >= 0.3 is 12.3 Å². The quantitative estimate of drug-likeness (QED) is 0.717. The number of H-pyrrole nitrogens is 1. The van der Waals surface area contributed by atoms with Gasteiger partial charge in [-0.05, 0) is 18.9 Å². The van der Waals surface area contributed by atoms with Gasteiger partial charge in [0, 0.05) is 42.1 Å². The van der Waals surface area contributed by atoms with Gasteiger partial charge in [-0.15, -0.1) is 5.10 Å². The number of hydrogen-bond donors (Lipinski definition) is 1. The number of aromatic nitrogens is 4. The molecule has 0 radical (unpaired) electrons. The number of alkyl halides is 3. The highest BCUT2D eigenvalue weighted by Gasteiger charge is 2.33. The van der Waals surface area contributed by atoms with Crippen molar-refractivity contribution in [3.63, 3.8) is 0 Å². The normalized spacial score (nSPS) is 17.7. The average Bonchev–Trinajstić information content (AvgIpc) is 3.15. The van der Waals surface area contributed by atoms with Crippen molar-refractivity contribution in [3.05, 3.63) is 24.7 Å². The average molecular weight is 408 g/mol. The summed E-state index contributed by atoms with van der Waals surface area (Å²) in [6.45, 7) is -0.350. The van der Waals surface area contributed by atoms with E-state index in [0.29, 0.717) is 36.6 Å². The van der Waals surface area contributed by atoms with Gasteiger partial charge < -0.3 is 19.5 Å². The van der Waals surface area contributed by atoms with E-state index in [9.17, 15) is 18.0 Å². The zero-order chi connectivity index (χ0) is 20.6. The molecule has 1 aliphatic rings. The first-order chi connectivity index (χ1) is 13.8. The van der Waals surface area contributed by atoms with Gasteiger partial charge in [0.25, 0.3) is 0 Å². The highest BCUT2D eigenvalue weighted by molar-refractivity contribution is 6.09. The Balaban J connectivity index is 1.55. The van der Waals surface area contributed by atoms with Gasteiger partial charge in [0.05, 0.1) is 12.7 Å². The Labute approximate surface area is 163 Å². The number of fused-ring (bicyclic) bond motifs is 3. The number of amides is 1. The number of nitrogens with zero attached hydrogens (tertiary/aromatic N) is 5. The summed E-state index contributed by atoms with van der Waals surface area (Å²) >= 11 is 0. The molecule has 0 bridgehead atoms. The van der Waals surface area contributed by atoms with E-state index in [1.807, 2.05) is 11.0 Å². The van der Waals surface area contributed by atoms with Crippen LogP contribution in [0.15, 0.2) is 24.7 Å². The largest absolute Gasteiger partial charge is 0.444 e. The molecule has 1 aliphatic heterocycles. The van der Waals surface area contributed by atoms with Crippen molar-refractivity contribution < 1.29 is 22.7 Å². The first kappa shape index (κ1) is 19.2. The zero-order valence-corrected chi connectivity index (χ0v) is 15.6. The van der Waals surface area contributed by atoms with Crippen LogP contribution < -0.4 is 4.90 Å². The fourth-order valence-corrected chi connectivity index (χ4v) is 3.58. The second kappa shape index (κ2) is 7.37. The minimum atomic E-state index is -4.47. The molecule has 0 aliphatic carbocycles. The summed E-state index contributed by atoms with van der Waals surface area (Å²) in [5.74, 6) is 0.638. The van der Waals surface area contributed by atoms with E-state index in [2.05, 4.69) is 20.2 Å². The molecule has 4 rings (SSSR count). The van der Waals surface area contributed by atoms with Gasteiger partial charge in [0.15, 0.2) is 5.82 Å². The Morgan fingerprint density at radius 3 is 3.03 bits per heavy atom. The lowest BCUT2D eigenvalue weighted by molar-refractivity contribution is -0.140. The van der Waals surface area contributed by atoms with E-state index in [4.69, 9.17) is 4.74 Å². The molecule has 8 nitrogen and oxygen atoms in total. The molecule has 1 fully saturated rings. The Morgan fingerprint density at radius 2 is 2.24 bits per heavy atom. The lowest BCUT2D eigenvalue weighted by Gasteiger charge is -2.34. The Bertz CT molecular complexity index is 1040. The summed E-state index contributed by atoms with van der Waals surface area (Å²) in [4.78, 5) is 21.9. The highest BCUT2D eigenvalue weighted by atomic mass is 19.4. The predicted molar refractivity (Wildman–Crippen MR) is 99.6 cm³/mol. The number of hydrogen-bond acceptors (Lipinski definition) is 6. The summed E-state index contributed by atoms with van der Waals surface area (Å²) in [5.41, 5.74) is 0.723. The topological polar surface area (TPSA) is 87.2 Å². The van der Waals surface area contributed by atoms with Crippen molar-refractivity contribution in [2.24, 2.45) is 0 Å². The molecular formula is C18H19F3N6O2. The van der Waals surface area contributed by atoms with Gasteiger partial charge in [-0.25, -0.2) is 9.78 Å². The van der Waals surface area contributed by atoms with E-state index >= 15 is 0 Å². The summed E-state index contributed by atoms with van der Waals surface area (Å²) in [5, 5.41) is 10.9. The molecule has 1 N–H and O–H groups in total. The van der Waals surface area contributed by atoms with Crippen molar-refractivity contribution >= 4 is 33.7 Å². The minimum absolute atomic E-state index is 0.327. The number of rotatable bonds is 3. The van der Waals surface area contributed by atoms with Gasteiger partial charge in [-0.2, -0.15) is 18.3 Å². The summed E-state index contributed by atoms with van der Waals surface area (Å²) in [6, 6.07) is 1.91. The van der Waals surface area contributed by atoms with Gasteiger partial charge in [-0.3, -0.25) is 0 Å². The van der Waals surface area contributed by atoms with E-state index in [0.717, 1.165) is 28.9 Å². The van der Waals surface area contributed by atoms with Crippen LogP contribution in [0.2, 0.25) is 0 Å². The molecule has 0 saturated carbocycles. The Hall–Kier alpha value is -3.11. The van der Waals surface area contributed by atoms with E-state index < -0.39 is 24.9 Å². The minimum Gasteiger partial charge on any atom is -0.444 e. The molecule has 0 aromatic carbocycles. The molecule has 154 valence electrons. The van der Waals surface area contributed by atoms with E-state index in [1.54, 1.807) is 18.6 Å². The van der Waals surface area contributed by atoms with Crippen LogP contribution in [0.1, 0.15) is 12.8 Å². The van der Waals surface area contributed by atoms with E-state index in [-0.39, 0.29) is 0 Å². The fraction of sp³-hybridized carbons (Fsp3) is 0.444. The Morgan fingerprint density at radius 1 is 1.41 bits per heavy atom. The predicted octanol–water partition coefficient (Wildman–Crippen LogP) is 3.11. The SMILES string of the molecule is CN(CC(F)(F)F)C(=O)OC1CCCN(c2nncc3cnc4[nH]ccc4c23)C1. The third kappa shape index (κ3) is 4.03. The lowest BCUT2D eigenvalue weighted by Crippen LogP contribution is -2.44. The second-order valence-corrected chi connectivity index (χ2v) is 7.06. The smallest absolute Gasteiger partial charge is 0.410 e. The molecule has 29 heavy (non-hydrogen) atoms. The molecule has 1 atom stereocenters. The van der Waals surface area contributed by atoms with Crippen molar-refractivity contribution in [2.75, 3.05) is 31.6 Å². The number of nitrogens with one attached hydrogen (secondary N) is 1. The van der Waals surface area contributed by atoms with Crippen LogP contribution in [0.3, 0.4) is 0 Å². The van der Waals surface area contributed by atoms with Crippen LogP contribution in [-0.2, 0) is 4.74 Å². The lowest BCUT2D eigenvalue weighted by atomic mass is 10.1. The zero-order valence-electron chi connectivity index (χ0n) is 15.6. The maximum absolute atomic E-state index is 12.5. The highest BCUT2D eigenvalue weighted by Crippen LogP contribution is 2.31. The van der Waals surface area contributed by atoms with Gasteiger partial charge in [-0.1, -0.05) is 0 Å². The molecule has 3 aromatic heterocycles. The molecule has 11 heteroatoms. The van der Waals surface area contributed by atoms with Gasteiger partial charge in [0.1, 0.15) is 18.3 Å². The summed E-state index contributed by atoms with van der Waals surface area (Å²) in [6.07, 6.45) is 0.412. The van der Waals surface area contributed by atoms with Crippen LogP contribution in [0.25, 0.3) is 21.8 Å². The van der Waals surface area contributed by atoms with Crippen molar-refractivity contribution in [3.8, 4) is 0 Å². The molecule has 0 spiro atoms. The standard InChI is InChI=1S/C18H19F3N6O2/c1-26(10-18(19,20)21)17(28)29-12-3-2-6-27(9-12)16-14-11(8-24-25-16)7-23-15-13(14)4-5-22-15/h4-5,7-8,12H,2-3,6,9-10H2,1H3,(H,22,23). The van der Waals surface area contributed by atoms with E-state index in [1.165, 1.54) is 0 Å². The number of carbonyl (C=O) groups is 1. The number of halogens is 3. The van der Waals surface area contributed by atoms with Gasteiger partial charge in [0.2, 0.25) is 0 Å². The van der Waals surface area contributed by atoms with Crippen LogP contribution in [0.5, 0.6) is 0 Å². The second-order valence-electron chi connectivity index (χ2n) is 7.06. The number of pyridine rings is 1. The van der Waals surface area contributed by atoms with Crippen molar-refractivity contribution in [1.82, 2.24) is 25.1 Å². The first-order valence-electron chi connectivity index (χ1n) is 9.13. The number of ether oxygens (including phenoxy) is 1.